The number of rotatable bonds is 61. The van der Waals surface area contributed by atoms with Gasteiger partial charge in [-0.3, -0.25) is 18.6 Å². The molecular formula is C69H130N2O7P+. The Kier molecular flexibility index (Phi) is 57.2. The predicted molar refractivity (Wildman–Crippen MR) is 342 cm³/mol. The van der Waals surface area contributed by atoms with Crippen molar-refractivity contribution in [3.8, 4) is 0 Å². The molecule has 3 atom stereocenters. The first-order valence-corrected chi connectivity index (χ1v) is 35.1. The second kappa shape index (κ2) is 58.9. The SMILES string of the molecule is CCCCC/C=C\C/C=C\C/C=C\C/C=C\CCCCCCCCCCCC(=O)NC(COP(=O)(O)OCC[N+](C)(C)C)C(/C=C\CCCCCCCCCCC)OC(=O)CCCCCCCCCCCCCCCCCCC. The zero-order valence-electron chi connectivity index (χ0n) is 52.9. The Bertz CT molecular complexity index is 1540. The molecule has 0 spiro atoms. The maximum Gasteiger partial charge on any atom is 0.472 e. The summed E-state index contributed by atoms with van der Waals surface area (Å²) in [6.07, 6.45) is 75.1. The fourth-order valence-corrected chi connectivity index (χ4v) is 10.5. The number of carbonyl (C=O) groups excluding carboxylic acids is 2. The molecule has 9 nitrogen and oxygen atoms in total. The van der Waals surface area contributed by atoms with E-state index in [2.05, 4.69) is 74.7 Å². The third-order valence-electron chi connectivity index (χ3n) is 15.0. The first kappa shape index (κ1) is 76.7. The largest absolute Gasteiger partial charge is 0.472 e. The summed E-state index contributed by atoms with van der Waals surface area (Å²) in [4.78, 5) is 37.8. The number of phosphoric ester groups is 1. The smallest absolute Gasteiger partial charge is 0.456 e. The van der Waals surface area contributed by atoms with Crippen LogP contribution in [0.4, 0.5) is 0 Å². The van der Waals surface area contributed by atoms with Crippen molar-refractivity contribution in [2.45, 2.75) is 328 Å². The summed E-state index contributed by atoms with van der Waals surface area (Å²) < 4.78 is 30.7. The second-order valence-corrected chi connectivity index (χ2v) is 25.5. The molecule has 2 N–H and O–H groups in total. The number of nitrogens with zero attached hydrogens (tertiary/aromatic N) is 1. The van der Waals surface area contributed by atoms with Crippen molar-refractivity contribution >= 4 is 19.7 Å². The van der Waals surface area contributed by atoms with Crippen molar-refractivity contribution in [3.63, 3.8) is 0 Å². The highest BCUT2D eigenvalue weighted by atomic mass is 31.2. The summed E-state index contributed by atoms with van der Waals surface area (Å²) in [7, 11) is 1.50. The Hall–Kier alpha value is -2.29. The van der Waals surface area contributed by atoms with Crippen molar-refractivity contribution in [1.29, 1.82) is 0 Å². The van der Waals surface area contributed by atoms with E-state index in [1.165, 1.54) is 193 Å². The van der Waals surface area contributed by atoms with Gasteiger partial charge in [-0.25, -0.2) is 4.57 Å². The van der Waals surface area contributed by atoms with Crippen LogP contribution in [0.3, 0.4) is 0 Å². The van der Waals surface area contributed by atoms with Gasteiger partial charge in [-0.15, -0.1) is 0 Å². The molecule has 0 aromatic heterocycles. The average molecular weight is 1130 g/mol. The van der Waals surface area contributed by atoms with E-state index in [0.717, 1.165) is 89.9 Å². The molecule has 0 saturated carbocycles. The molecule has 1 amide bonds. The van der Waals surface area contributed by atoms with Crippen LogP contribution >= 0.6 is 7.82 Å². The number of likely N-dealkylation sites (N-methyl/N-ethyl adjacent to an activating group) is 1. The molecule has 462 valence electrons. The zero-order valence-corrected chi connectivity index (χ0v) is 53.8. The van der Waals surface area contributed by atoms with E-state index < -0.39 is 20.0 Å². The highest BCUT2D eigenvalue weighted by Crippen LogP contribution is 2.43. The Labute approximate surface area is 490 Å². The van der Waals surface area contributed by atoms with Crippen LogP contribution in [0.1, 0.15) is 316 Å². The van der Waals surface area contributed by atoms with Crippen LogP contribution in [0.5, 0.6) is 0 Å². The highest BCUT2D eigenvalue weighted by Gasteiger charge is 2.30. The number of esters is 1. The van der Waals surface area contributed by atoms with Gasteiger partial charge < -0.3 is 19.4 Å². The maximum absolute atomic E-state index is 13.6. The van der Waals surface area contributed by atoms with E-state index in [9.17, 15) is 19.0 Å². The number of unbranched alkanes of at least 4 members (excludes halogenated alkanes) is 37. The van der Waals surface area contributed by atoms with Crippen LogP contribution in [0.25, 0.3) is 0 Å². The lowest BCUT2D eigenvalue weighted by Gasteiger charge is -2.27. The van der Waals surface area contributed by atoms with E-state index in [1.54, 1.807) is 0 Å². The van der Waals surface area contributed by atoms with Crippen LogP contribution in [-0.2, 0) is 27.9 Å². The van der Waals surface area contributed by atoms with Gasteiger partial charge in [0.05, 0.1) is 33.8 Å². The number of nitrogens with one attached hydrogen (secondary N) is 1. The third kappa shape index (κ3) is 60.1. The monoisotopic (exact) mass is 1130 g/mol. The van der Waals surface area contributed by atoms with Gasteiger partial charge in [0.25, 0.3) is 0 Å². The molecule has 0 bridgehead atoms. The molecule has 0 aliphatic carbocycles. The average Bonchev–Trinajstić information content (AvgIpc) is 3.41. The molecule has 0 saturated heterocycles. The number of phosphoric acid groups is 1. The van der Waals surface area contributed by atoms with Gasteiger partial charge in [0, 0.05) is 12.8 Å². The number of amides is 1. The first-order chi connectivity index (χ1) is 38.4. The van der Waals surface area contributed by atoms with Gasteiger partial charge in [-0.1, -0.05) is 287 Å². The summed E-state index contributed by atoms with van der Waals surface area (Å²) in [6.45, 7) is 7.01. The Balaban J connectivity index is 5.08. The molecular weight excluding hydrogens is 1000 g/mol. The molecule has 0 rings (SSSR count). The maximum atomic E-state index is 13.6. The fraction of sp³-hybridized carbons (Fsp3) is 0.826. The molecule has 0 aromatic carbocycles. The van der Waals surface area contributed by atoms with E-state index >= 15 is 0 Å². The summed E-state index contributed by atoms with van der Waals surface area (Å²) in [5.74, 6) is -0.501. The molecule has 0 heterocycles. The summed E-state index contributed by atoms with van der Waals surface area (Å²) in [5.41, 5.74) is 0. The number of hydrogen-bond donors (Lipinski definition) is 2. The molecule has 0 radical (unpaired) electrons. The minimum Gasteiger partial charge on any atom is -0.456 e. The molecule has 0 aromatic rings. The number of allylic oxidation sites excluding steroid dienone is 9. The van der Waals surface area contributed by atoms with E-state index in [4.69, 9.17) is 13.8 Å². The van der Waals surface area contributed by atoms with Gasteiger partial charge >= 0.3 is 13.8 Å². The minimum absolute atomic E-state index is 0.0392. The zero-order chi connectivity index (χ0) is 57.9. The molecule has 3 unspecified atom stereocenters. The Morgan fingerprint density at radius 2 is 0.772 bits per heavy atom. The predicted octanol–water partition coefficient (Wildman–Crippen LogP) is 21.0. The van der Waals surface area contributed by atoms with Crippen LogP contribution in [0.15, 0.2) is 60.8 Å². The summed E-state index contributed by atoms with van der Waals surface area (Å²) >= 11 is 0. The molecule has 0 aliphatic heterocycles. The fourth-order valence-electron chi connectivity index (χ4n) is 9.75. The van der Waals surface area contributed by atoms with Crippen molar-refractivity contribution in [2.75, 3.05) is 40.9 Å². The first-order valence-electron chi connectivity index (χ1n) is 33.6. The Morgan fingerprint density at radius 3 is 1.18 bits per heavy atom. The molecule has 0 aliphatic rings. The minimum atomic E-state index is -4.45. The lowest BCUT2D eigenvalue weighted by atomic mass is 10.0. The molecule has 0 fully saturated rings. The van der Waals surface area contributed by atoms with Gasteiger partial charge in [-0.2, -0.15) is 0 Å². The number of hydrogen-bond acceptors (Lipinski definition) is 6. The number of ether oxygens (including phenoxy) is 1. The lowest BCUT2D eigenvalue weighted by molar-refractivity contribution is -0.870. The van der Waals surface area contributed by atoms with Crippen molar-refractivity contribution in [3.05, 3.63) is 60.8 Å². The standard InChI is InChI=1S/C69H129N2O7P/c1-7-10-13-16-19-22-25-27-29-31-32-33-34-35-36-37-38-40-41-43-46-49-52-55-58-61-68(72)70-66(65-77-79(74,75)76-64-63-71(4,5)6)67(60-57-54-51-48-45-24-21-18-15-12-9-3)78-69(73)62-59-56-53-50-47-44-42-39-30-28-26-23-20-17-14-11-8-2/h19,22,27,29,32-33,35-36,57,60,66-67H,7-18,20-21,23-26,28,30-31,34,37-56,58-59,61-65H2,1-6H3,(H-,70,72,74,75)/p+1/b22-19-,29-27-,33-32-,36-35-,60-57-. The van der Waals surface area contributed by atoms with Crippen LogP contribution in [0, 0.1) is 0 Å². The normalized spacial score (nSPS) is 14.0. The lowest BCUT2D eigenvalue weighted by Crippen LogP contribution is -2.47. The van der Waals surface area contributed by atoms with E-state index in [1.807, 2.05) is 33.3 Å². The number of carbonyl (C=O) groups is 2. The van der Waals surface area contributed by atoms with Crippen molar-refractivity contribution in [1.82, 2.24) is 5.32 Å². The van der Waals surface area contributed by atoms with E-state index in [0.29, 0.717) is 23.9 Å². The molecule has 10 heteroatoms. The van der Waals surface area contributed by atoms with Crippen LogP contribution < -0.4 is 5.32 Å². The van der Waals surface area contributed by atoms with Gasteiger partial charge in [0.2, 0.25) is 5.91 Å². The number of quaternary nitrogens is 1. The van der Waals surface area contributed by atoms with Gasteiger partial charge in [0.15, 0.2) is 0 Å². The van der Waals surface area contributed by atoms with Crippen LogP contribution in [0.2, 0.25) is 0 Å². The highest BCUT2D eigenvalue weighted by molar-refractivity contribution is 7.47. The van der Waals surface area contributed by atoms with E-state index in [-0.39, 0.29) is 25.1 Å². The summed E-state index contributed by atoms with van der Waals surface area (Å²) in [6, 6.07) is -0.851. The summed E-state index contributed by atoms with van der Waals surface area (Å²) in [5, 5.41) is 3.06. The van der Waals surface area contributed by atoms with Crippen molar-refractivity contribution in [2.24, 2.45) is 0 Å². The second-order valence-electron chi connectivity index (χ2n) is 24.0. The molecule has 79 heavy (non-hydrogen) atoms. The third-order valence-corrected chi connectivity index (χ3v) is 15.9. The van der Waals surface area contributed by atoms with Gasteiger partial charge in [-0.05, 0) is 76.7 Å². The van der Waals surface area contributed by atoms with Gasteiger partial charge in [0.1, 0.15) is 19.3 Å². The Morgan fingerprint density at radius 1 is 0.443 bits per heavy atom. The quantitative estimate of drug-likeness (QED) is 0.0205. The topological polar surface area (TPSA) is 111 Å². The van der Waals surface area contributed by atoms with Crippen LogP contribution in [-0.4, -0.2) is 74.3 Å². The van der Waals surface area contributed by atoms with Crippen molar-refractivity contribution < 1.29 is 37.3 Å².